The standard InChI is InChI=1S/C24H46O3/c25-24-26-22-20-18-16-14-12-10-8-6-4-2-1-3-5-7-9-11-13-15-17-19-21-23-27-24/h1-23H2. The first kappa shape index (κ1) is 24.3. The second kappa shape index (κ2) is 20.0. The van der Waals surface area contributed by atoms with Gasteiger partial charge in [-0.05, 0) is 12.8 Å². The number of carbonyl (C=O) groups excluding carboxylic acids is 1. The predicted molar refractivity (Wildman–Crippen MR) is 114 cm³/mol. The molecule has 0 aromatic rings. The fraction of sp³-hybridized carbons (Fsp3) is 0.958. The van der Waals surface area contributed by atoms with Gasteiger partial charge in [-0.1, -0.05) is 122 Å². The van der Waals surface area contributed by atoms with E-state index in [1.54, 1.807) is 0 Å². The molecule has 0 atom stereocenters. The Bertz CT molecular complexity index is 289. The monoisotopic (exact) mass is 382 g/mol. The zero-order valence-corrected chi connectivity index (χ0v) is 18.0. The molecule has 1 heterocycles. The Kier molecular flexibility index (Phi) is 18.0. The maximum absolute atomic E-state index is 11.5. The Balaban J connectivity index is 2.07. The van der Waals surface area contributed by atoms with Gasteiger partial charge in [0.1, 0.15) is 0 Å². The van der Waals surface area contributed by atoms with Crippen molar-refractivity contribution >= 4 is 6.16 Å². The van der Waals surface area contributed by atoms with E-state index in [4.69, 9.17) is 9.47 Å². The lowest BCUT2D eigenvalue weighted by molar-refractivity contribution is 0.0529. The summed E-state index contributed by atoms with van der Waals surface area (Å²) in [6.07, 6.45) is 27.4. The van der Waals surface area contributed by atoms with E-state index in [0.717, 1.165) is 25.7 Å². The predicted octanol–water partition coefficient (Wildman–Crippen LogP) is 8.35. The molecule has 0 aromatic carbocycles. The normalized spacial score (nSPS) is 23.0. The van der Waals surface area contributed by atoms with E-state index in [0.29, 0.717) is 13.2 Å². The van der Waals surface area contributed by atoms with Crippen molar-refractivity contribution in [2.75, 3.05) is 13.2 Å². The van der Waals surface area contributed by atoms with Crippen LogP contribution in [-0.2, 0) is 9.47 Å². The molecule has 0 spiro atoms. The lowest BCUT2D eigenvalue weighted by Gasteiger charge is -2.07. The molecule has 3 nitrogen and oxygen atoms in total. The van der Waals surface area contributed by atoms with Gasteiger partial charge in [-0.2, -0.15) is 0 Å². The van der Waals surface area contributed by atoms with Gasteiger partial charge >= 0.3 is 6.16 Å². The van der Waals surface area contributed by atoms with Crippen LogP contribution in [0.1, 0.15) is 135 Å². The lowest BCUT2D eigenvalue weighted by Crippen LogP contribution is -2.09. The van der Waals surface area contributed by atoms with Crippen LogP contribution in [0.3, 0.4) is 0 Å². The van der Waals surface area contributed by atoms with Gasteiger partial charge < -0.3 is 9.47 Å². The van der Waals surface area contributed by atoms with Gasteiger partial charge in [0.15, 0.2) is 0 Å². The topological polar surface area (TPSA) is 35.5 Å². The van der Waals surface area contributed by atoms with E-state index in [-0.39, 0.29) is 0 Å². The third-order valence-electron chi connectivity index (χ3n) is 5.73. The van der Waals surface area contributed by atoms with Gasteiger partial charge in [-0.15, -0.1) is 0 Å². The molecule has 0 saturated carbocycles. The fourth-order valence-corrected chi connectivity index (χ4v) is 3.92. The third kappa shape index (κ3) is 18.4. The summed E-state index contributed by atoms with van der Waals surface area (Å²) in [7, 11) is 0. The van der Waals surface area contributed by atoms with Crippen molar-refractivity contribution in [2.45, 2.75) is 135 Å². The van der Waals surface area contributed by atoms with Crippen LogP contribution in [0.5, 0.6) is 0 Å². The molecule has 0 radical (unpaired) electrons. The Labute approximate surface area is 169 Å². The van der Waals surface area contributed by atoms with Crippen molar-refractivity contribution in [2.24, 2.45) is 0 Å². The SMILES string of the molecule is O=C1OCCCCCCCCCCCCCCCCCCCCCCCO1. The molecule has 0 N–H and O–H groups in total. The van der Waals surface area contributed by atoms with Crippen molar-refractivity contribution in [3.63, 3.8) is 0 Å². The van der Waals surface area contributed by atoms with Crippen molar-refractivity contribution in [1.82, 2.24) is 0 Å². The van der Waals surface area contributed by atoms with Crippen LogP contribution < -0.4 is 0 Å². The highest BCUT2D eigenvalue weighted by molar-refractivity contribution is 5.59. The summed E-state index contributed by atoms with van der Waals surface area (Å²) in [5.41, 5.74) is 0. The zero-order chi connectivity index (χ0) is 19.3. The number of carbonyl (C=O) groups is 1. The molecule has 1 aliphatic rings. The maximum atomic E-state index is 11.5. The molecule has 27 heavy (non-hydrogen) atoms. The second-order valence-electron chi connectivity index (χ2n) is 8.37. The molecule has 0 unspecified atom stereocenters. The summed E-state index contributed by atoms with van der Waals surface area (Å²) in [6, 6.07) is 0. The molecule has 0 amide bonds. The summed E-state index contributed by atoms with van der Waals surface area (Å²) >= 11 is 0. The molecule has 3 heteroatoms. The number of ether oxygens (including phenoxy) is 2. The van der Waals surface area contributed by atoms with E-state index in [2.05, 4.69) is 0 Å². The number of hydrogen-bond acceptors (Lipinski definition) is 3. The first-order valence-electron chi connectivity index (χ1n) is 12.2. The minimum Gasteiger partial charge on any atom is -0.434 e. The first-order chi connectivity index (χ1) is 13.4. The van der Waals surface area contributed by atoms with E-state index >= 15 is 0 Å². The van der Waals surface area contributed by atoms with Gasteiger partial charge in [-0.3, -0.25) is 0 Å². The van der Waals surface area contributed by atoms with Crippen LogP contribution >= 0.6 is 0 Å². The van der Waals surface area contributed by atoms with Crippen LogP contribution in [0.15, 0.2) is 0 Å². The van der Waals surface area contributed by atoms with E-state index in [1.807, 2.05) is 0 Å². The van der Waals surface area contributed by atoms with Gasteiger partial charge in [-0.25, -0.2) is 4.79 Å². The molecular formula is C24H46O3. The molecule has 1 fully saturated rings. The van der Waals surface area contributed by atoms with Gasteiger partial charge in [0.25, 0.3) is 0 Å². The molecule has 160 valence electrons. The van der Waals surface area contributed by atoms with Gasteiger partial charge in [0.2, 0.25) is 0 Å². The fourth-order valence-electron chi connectivity index (χ4n) is 3.92. The minimum atomic E-state index is -0.476. The Hall–Kier alpha value is -0.730. The zero-order valence-electron chi connectivity index (χ0n) is 18.0. The summed E-state index contributed by atoms with van der Waals surface area (Å²) in [6.45, 7) is 1.03. The number of rotatable bonds is 0. The molecule has 0 aromatic heterocycles. The highest BCUT2D eigenvalue weighted by Crippen LogP contribution is 2.15. The average Bonchev–Trinajstić information content (AvgIpc) is 2.67. The van der Waals surface area contributed by atoms with E-state index in [1.165, 1.54) is 109 Å². The van der Waals surface area contributed by atoms with Crippen molar-refractivity contribution in [3.05, 3.63) is 0 Å². The first-order valence-corrected chi connectivity index (χ1v) is 12.2. The summed E-state index contributed by atoms with van der Waals surface area (Å²) in [5.74, 6) is 0. The third-order valence-corrected chi connectivity index (χ3v) is 5.73. The van der Waals surface area contributed by atoms with Crippen LogP contribution in [0, 0.1) is 0 Å². The number of hydrogen-bond donors (Lipinski definition) is 0. The number of cyclic esters (lactones) is 2. The molecule has 1 saturated heterocycles. The van der Waals surface area contributed by atoms with E-state index < -0.39 is 6.16 Å². The maximum Gasteiger partial charge on any atom is 0.508 e. The second-order valence-corrected chi connectivity index (χ2v) is 8.37. The molecular weight excluding hydrogens is 336 g/mol. The molecule has 1 rings (SSSR count). The van der Waals surface area contributed by atoms with Crippen LogP contribution in [0.2, 0.25) is 0 Å². The smallest absolute Gasteiger partial charge is 0.434 e. The Morgan fingerprint density at radius 3 is 0.741 bits per heavy atom. The molecule has 0 bridgehead atoms. The lowest BCUT2D eigenvalue weighted by atomic mass is 10.0. The highest BCUT2D eigenvalue weighted by Gasteiger charge is 2.03. The minimum absolute atomic E-state index is 0.476. The summed E-state index contributed by atoms with van der Waals surface area (Å²) < 4.78 is 10.3. The molecule has 1 aliphatic heterocycles. The van der Waals surface area contributed by atoms with Crippen LogP contribution in [0.4, 0.5) is 4.79 Å². The largest absolute Gasteiger partial charge is 0.508 e. The quantitative estimate of drug-likeness (QED) is 0.395. The van der Waals surface area contributed by atoms with Crippen LogP contribution in [-0.4, -0.2) is 19.4 Å². The Morgan fingerprint density at radius 1 is 0.333 bits per heavy atom. The van der Waals surface area contributed by atoms with Crippen molar-refractivity contribution in [1.29, 1.82) is 0 Å². The summed E-state index contributed by atoms with van der Waals surface area (Å²) in [4.78, 5) is 11.5. The van der Waals surface area contributed by atoms with Gasteiger partial charge in [0.05, 0.1) is 13.2 Å². The average molecular weight is 383 g/mol. The van der Waals surface area contributed by atoms with Crippen LogP contribution in [0.25, 0.3) is 0 Å². The molecule has 0 aliphatic carbocycles. The van der Waals surface area contributed by atoms with Crippen molar-refractivity contribution in [3.8, 4) is 0 Å². The van der Waals surface area contributed by atoms with E-state index in [9.17, 15) is 4.79 Å². The highest BCUT2D eigenvalue weighted by atomic mass is 16.7. The van der Waals surface area contributed by atoms with Gasteiger partial charge in [0, 0.05) is 0 Å². The van der Waals surface area contributed by atoms with Crippen molar-refractivity contribution < 1.29 is 14.3 Å². The summed E-state index contributed by atoms with van der Waals surface area (Å²) in [5, 5.41) is 0. The Morgan fingerprint density at radius 2 is 0.519 bits per heavy atom.